The number of benzene rings is 2. The number of nitrogens with zero attached hydrogens (tertiary/aromatic N) is 1. The minimum atomic E-state index is -0.828. The van der Waals surface area contributed by atoms with Gasteiger partial charge < -0.3 is 10.2 Å². The summed E-state index contributed by atoms with van der Waals surface area (Å²) in [5, 5.41) is 2.44. The first-order valence-corrected chi connectivity index (χ1v) is 8.20. The van der Waals surface area contributed by atoms with Crippen LogP contribution in [0.1, 0.15) is 12.0 Å². The zero-order valence-electron chi connectivity index (χ0n) is 13.3. The van der Waals surface area contributed by atoms with Crippen LogP contribution in [0.5, 0.6) is 0 Å². The Morgan fingerprint density at radius 1 is 1.08 bits per heavy atom. The molecule has 0 bridgehead atoms. The van der Waals surface area contributed by atoms with Crippen molar-refractivity contribution in [1.29, 1.82) is 0 Å². The molecule has 25 heavy (non-hydrogen) atoms. The van der Waals surface area contributed by atoms with Crippen LogP contribution in [0.3, 0.4) is 0 Å². The van der Waals surface area contributed by atoms with E-state index in [0.717, 1.165) is 23.7 Å². The standard InChI is InChI=1S/C19H16F2N2O2/c20-12-5-6-16(15(21)9-12)22-18(24)13-10-14(13)19(25)23-8-7-11-3-1-2-4-17(11)23/h1-6,9,13-14H,7-8,10H2,(H,22,24). The van der Waals surface area contributed by atoms with Gasteiger partial charge in [0.25, 0.3) is 0 Å². The van der Waals surface area contributed by atoms with E-state index in [1.807, 2.05) is 24.3 Å². The minimum Gasteiger partial charge on any atom is -0.323 e. The van der Waals surface area contributed by atoms with Crippen LogP contribution in [-0.2, 0) is 16.0 Å². The van der Waals surface area contributed by atoms with Crippen LogP contribution in [0.2, 0.25) is 0 Å². The summed E-state index contributed by atoms with van der Waals surface area (Å²) in [7, 11) is 0. The van der Waals surface area contributed by atoms with Crippen LogP contribution in [0.4, 0.5) is 20.2 Å². The Kier molecular flexibility index (Phi) is 3.75. The van der Waals surface area contributed by atoms with E-state index in [4.69, 9.17) is 0 Å². The van der Waals surface area contributed by atoms with Gasteiger partial charge in [-0.05, 0) is 36.6 Å². The quantitative estimate of drug-likeness (QED) is 0.932. The zero-order chi connectivity index (χ0) is 17.6. The number of nitrogens with one attached hydrogen (secondary N) is 1. The molecule has 2 amide bonds. The highest BCUT2D eigenvalue weighted by Gasteiger charge is 2.50. The molecule has 2 aromatic rings. The molecule has 6 heteroatoms. The molecule has 1 aliphatic carbocycles. The van der Waals surface area contributed by atoms with Gasteiger partial charge in [-0.2, -0.15) is 0 Å². The highest BCUT2D eigenvalue weighted by Crippen LogP contribution is 2.43. The van der Waals surface area contributed by atoms with Crippen molar-refractivity contribution in [2.75, 3.05) is 16.8 Å². The summed E-state index contributed by atoms with van der Waals surface area (Å²) in [4.78, 5) is 26.6. The first-order valence-electron chi connectivity index (χ1n) is 8.20. The first kappa shape index (κ1) is 15.7. The lowest BCUT2D eigenvalue weighted by molar-refractivity contribution is -0.123. The van der Waals surface area contributed by atoms with Crippen LogP contribution in [0.15, 0.2) is 42.5 Å². The molecule has 1 fully saturated rings. The van der Waals surface area contributed by atoms with E-state index in [0.29, 0.717) is 19.0 Å². The molecule has 2 atom stereocenters. The summed E-state index contributed by atoms with van der Waals surface area (Å²) in [6.07, 6.45) is 1.26. The average molecular weight is 342 g/mol. The average Bonchev–Trinajstić information content (AvgIpc) is 3.29. The Morgan fingerprint density at radius 2 is 1.88 bits per heavy atom. The summed E-state index contributed by atoms with van der Waals surface area (Å²) < 4.78 is 26.5. The minimum absolute atomic E-state index is 0.0651. The van der Waals surface area contributed by atoms with E-state index < -0.39 is 23.5 Å². The Labute approximate surface area is 143 Å². The van der Waals surface area contributed by atoms with E-state index in [1.54, 1.807) is 4.90 Å². The molecule has 0 saturated heterocycles. The molecular weight excluding hydrogens is 326 g/mol. The number of para-hydroxylation sites is 1. The number of amides is 2. The molecule has 1 heterocycles. The lowest BCUT2D eigenvalue weighted by Gasteiger charge is -2.17. The number of rotatable bonds is 3. The monoisotopic (exact) mass is 342 g/mol. The van der Waals surface area contributed by atoms with Crippen molar-refractivity contribution < 1.29 is 18.4 Å². The second-order valence-electron chi connectivity index (χ2n) is 6.43. The Hall–Kier alpha value is -2.76. The predicted octanol–water partition coefficient (Wildman–Crippen LogP) is 3.13. The number of halogens is 2. The molecule has 1 aliphatic heterocycles. The summed E-state index contributed by atoms with van der Waals surface area (Å²) >= 11 is 0. The molecule has 2 aliphatic rings. The molecule has 2 unspecified atom stereocenters. The fraction of sp³-hybridized carbons (Fsp3) is 0.263. The number of carbonyl (C=O) groups excluding carboxylic acids is 2. The third-order valence-corrected chi connectivity index (χ3v) is 4.79. The van der Waals surface area contributed by atoms with Crippen molar-refractivity contribution in [1.82, 2.24) is 0 Å². The molecule has 0 radical (unpaired) electrons. The third-order valence-electron chi connectivity index (χ3n) is 4.79. The third kappa shape index (κ3) is 2.88. The topological polar surface area (TPSA) is 49.4 Å². The Morgan fingerprint density at radius 3 is 2.68 bits per heavy atom. The summed E-state index contributed by atoms with van der Waals surface area (Å²) in [6, 6.07) is 10.7. The number of anilines is 2. The van der Waals surface area contributed by atoms with Crippen LogP contribution in [0, 0.1) is 23.5 Å². The normalized spacial score (nSPS) is 21.0. The number of carbonyl (C=O) groups is 2. The van der Waals surface area contributed by atoms with Gasteiger partial charge in [0.15, 0.2) is 0 Å². The van der Waals surface area contributed by atoms with Crippen molar-refractivity contribution in [2.45, 2.75) is 12.8 Å². The van der Waals surface area contributed by atoms with Gasteiger partial charge in [0.2, 0.25) is 11.8 Å². The van der Waals surface area contributed by atoms with Crippen LogP contribution >= 0.6 is 0 Å². The van der Waals surface area contributed by atoms with E-state index in [9.17, 15) is 18.4 Å². The second kappa shape index (κ2) is 5.95. The molecule has 4 nitrogen and oxygen atoms in total. The highest BCUT2D eigenvalue weighted by atomic mass is 19.1. The lowest BCUT2D eigenvalue weighted by atomic mass is 10.2. The molecule has 4 rings (SSSR count). The first-order chi connectivity index (χ1) is 12.0. The molecule has 1 saturated carbocycles. The largest absolute Gasteiger partial charge is 0.323 e. The summed E-state index contributed by atoms with van der Waals surface area (Å²) in [5.74, 6) is -2.85. The molecule has 0 spiro atoms. The molecule has 1 N–H and O–H groups in total. The van der Waals surface area contributed by atoms with Crippen molar-refractivity contribution in [3.63, 3.8) is 0 Å². The van der Waals surface area contributed by atoms with Gasteiger partial charge in [0.05, 0.1) is 17.5 Å². The van der Waals surface area contributed by atoms with Gasteiger partial charge in [-0.15, -0.1) is 0 Å². The van der Waals surface area contributed by atoms with Gasteiger partial charge in [0.1, 0.15) is 11.6 Å². The van der Waals surface area contributed by atoms with E-state index in [2.05, 4.69) is 5.32 Å². The predicted molar refractivity (Wildman–Crippen MR) is 89.1 cm³/mol. The highest BCUT2D eigenvalue weighted by molar-refractivity contribution is 6.05. The van der Waals surface area contributed by atoms with E-state index >= 15 is 0 Å². The SMILES string of the molecule is O=C(Nc1ccc(F)cc1F)C1CC1C(=O)N1CCc2ccccc21. The Bertz CT molecular complexity index is 868. The molecule has 128 valence electrons. The lowest BCUT2D eigenvalue weighted by Crippen LogP contribution is -2.32. The van der Waals surface area contributed by atoms with E-state index in [-0.39, 0.29) is 17.5 Å². The maximum absolute atomic E-state index is 13.6. The molecule has 2 aromatic carbocycles. The maximum atomic E-state index is 13.6. The fourth-order valence-electron chi connectivity index (χ4n) is 3.34. The van der Waals surface area contributed by atoms with E-state index in [1.165, 1.54) is 6.07 Å². The van der Waals surface area contributed by atoms with Gasteiger partial charge in [-0.3, -0.25) is 9.59 Å². The fourth-order valence-corrected chi connectivity index (χ4v) is 3.34. The molecular formula is C19H16F2N2O2. The van der Waals surface area contributed by atoms with Gasteiger partial charge in [0, 0.05) is 18.3 Å². The van der Waals surface area contributed by atoms with Crippen molar-refractivity contribution in [3.05, 3.63) is 59.7 Å². The van der Waals surface area contributed by atoms with Crippen LogP contribution in [-0.4, -0.2) is 18.4 Å². The Balaban J connectivity index is 1.42. The number of hydrogen-bond acceptors (Lipinski definition) is 2. The van der Waals surface area contributed by atoms with Crippen LogP contribution in [0.25, 0.3) is 0 Å². The van der Waals surface area contributed by atoms with Crippen LogP contribution < -0.4 is 10.2 Å². The maximum Gasteiger partial charge on any atom is 0.230 e. The van der Waals surface area contributed by atoms with Gasteiger partial charge >= 0.3 is 0 Å². The van der Waals surface area contributed by atoms with Crippen molar-refractivity contribution in [3.8, 4) is 0 Å². The van der Waals surface area contributed by atoms with Crippen molar-refractivity contribution >= 4 is 23.2 Å². The van der Waals surface area contributed by atoms with Crippen molar-refractivity contribution in [2.24, 2.45) is 11.8 Å². The summed E-state index contributed by atoms with van der Waals surface area (Å²) in [5.41, 5.74) is 1.96. The second-order valence-corrected chi connectivity index (χ2v) is 6.43. The van der Waals surface area contributed by atoms with Gasteiger partial charge in [-0.1, -0.05) is 18.2 Å². The molecule has 0 aromatic heterocycles. The zero-order valence-corrected chi connectivity index (χ0v) is 13.3. The summed E-state index contributed by atoms with van der Waals surface area (Å²) in [6.45, 7) is 0.621. The number of hydrogen-bond donors (Lipinski definition) is 1. The van der Waals surface area contributed by atoms with Gasteiger partial charge in [-0.25, -0.2) is 8.78 Å². The smallest absolute Gasteiger partial charge is 0.230 e. The number of fused-ring (bicyclic) bond motifs is 1.